The monoisotopic (exact) mass is 556 g/mol. The summed E-state index contributed by atoms with van der Waals surface area (Å²) in [5.41, 5.74) is 1.53. The van der Waals surface area contributed by atoms with Crippen molar-refractivity contribution in [1.82, 2.24) is 10.2 Å². The number of nitrogens with one attached hydrogen (secondary N) is 1. The Morgan fingerprint density at radius 2 is 2.02 bits per heavy atom. The average molecular weight is 557 g/mol. The zero-order valence-electron chi connectivity index (χ0n) is 22.1. The molecule has 0 saturated carbocycles. The molecule has 5 unspecified atom stereocenters. The summed E-state index contributed by atoms with van der Waals surface area (Å²) in [6.45, 7) is -0.336. The molecule has 4 N–H and O–H groups in total. The highest BCUT2D eigenvalue weighted by Gasteiger charge is 2.52. The van der Waals surface area contributed by atoms with Crippen LogP contribution in [0.3, 0.4) is 0 Å². The van der Waals surface area contributed by atoms with Crippen molar-refractivity contribution >= 4 is 11.8 Å². The third-order valence-electron chi connectivity index (χ3n) is 7.64. The Hall–Kier alpha value is -3.51. The van der Waals surface area contributed by atoms with Crippen molar-refractivity contribution in [2.24, 2.45) is 0 Å². The van der Waals surface area contributed by atoms with Crippen molar-refractivity contribution in [3.05, 3.63) is 70.6 Å². The summed E-state index contributed by atoms with van der Waals surface area (Å²) in [5.74, 6) is -1.55. The number of carbonyl (C=O) groups is 2. The number of amides is 2. The van der Waals surface area contributed by atoms with Crippen LogP contribution in [0.5, 0.6) is 11.5 Å². The summed E-state index contributed by atoms with van der Waals surface area (Å²) in [6, 6.07) is 8.30. The Kier molecular flexibility index (Phi) is 8.36. The largest absolute Gasteiger partial charge is 0.493 e. The van der Waals surface area contributed by atoms with E-state index in [2.05, 4.69) is 5.32 Å². The van der Waals surface area contributed by atoms with Crippen molar-refractivity contribution in [2.45, 2.75) is 56.3 Å². The number of benzene rings is 2. The number of aliphatic hydroxyl groups excluding tert-OH is 3. The molecule has 11 heteroatoms. The van der Waals surface area contributed by atoms with E-state index in [0.29, 0.717) is 42.1 Å². The van der Waals surface area contributed by atoms with Gasteiger partial charge in [0.15, 0.2) is 11.5 Å². The third kappa shape index (κ3) is 5.17. The van der Waals surface area contributed by atoms with E-state index in [0.717, 1.165) is 0 Å². The van der Waals surface area contributed by atoms with E-state index in [9.17, 15) is 29.3 Å². The van der Waals surface area contributed by atoms with Gasteiger partial charge in [-0.05, 0) is 42.7 Å². The van der Waals surface area contributed by atoms with Gasteiger partial charge >= 0.3 is 0 Å². The number of fused-ring (bicyclic) bond motifs is 3. The maximum Gasteiger partial charge on any atom is 0.252 e. The highest BCUT2D eigenvalue weighted by atomic mass is 19.1. The predicted molar refractivity (Wildman–Crippen MR) is 140 cm³/mol. The third-order valence-corrected chi connectivity index (χ3v) is 7.64. The van der Waals surface area contributed by atoms with Crippen LogP contribution in [0.15, 0.2) is 48.0 Å². The average Bonchev–Trinajstić information content (AvgIpc) is 3.64. The Morgan fingerprint density at radius 1 is 1.23 bits per heavy atom. The molecule has 2 aromatic rings. The number of hydrogen-bond donors (Lipinski definition) is 4. The summed E-state index contributed by atoms with van der Waals surface area (Å²) in [5, 5.41) is 33.5. The first-order valence-corrected chi connectivity index (χ1v) is 13.3. The fourth-order valence-corrected chi connectivity index (χ4v) is 5.72. The molecule has 1 fully saturated rings. The molecule has 0 aromatic heterocycles. The SMILES string of the molecule is COc1cc(CO)cc2c1OC1C2C(C(=O)NCCO)=CC(N(Cc2ccccc2F)C(=O)C2CCCO2)C1O. The van der Waals surface area contributed by atoms with Gasteiger partial charge in [-0.2, -0.15) is 0 Å². The molecule has 2 aliphatic heterocycles. The number of rotatable bonds is 9. The van der Waals surface area contributed by atoms with Crippen LogP contribution in [0.1, 0.15) is 35.4 Å². The first-order chi connectivity index (χ1) is 19.4. The maximum absolute atomic E-state index is 14.8. The summed E-state index contributed by atoms with van der Waals surface area (Å²) < 4.78 is 32.1. The number of halogens is 1. The summed E-state index contributed by atoms with van der Waals surface area (Å²) in [7, 11) is 1.45. The van der Waals surface area contributed by atoms with Gasteiger partial charge in [0.2, 0.25) is 5.91 Å². The molecule has 1 aliphatic carbocycles. The quantitative estimate of drug-likeness (QED) is 0.361. The molecule has 5 atom stereocenters. The molecule has 10 nitrogen and oxygen atoms in total. The topological polar surface area (TPSA) is 138 Å². The maximum atomic E-state index is 14.8. The second kappa shape index (κ2) is 11.9. The standard InChI is InChI=1S/C29H33FN2O8/c1-38-23-12-16(15-34)11-18-24-19(28(36)31-8-9-33)13-21(25(35)27(24)40-26(18)23)32(29(37)22-7-4-10-39-22)14-17-5-2-3-6-20(17)30/h2-3,5-6,11-13,21-22,24-25,27,33-35H,4,7-10,14-15H2,1H3,(H,31,36). The Bertz CT molecular complexity index is 1290. The van der Waals surface area contributed by atoms with E-state index in [-0.39, 0.29) is 37.4 Å². The molecule has 0 bridgehead atoms. The van der Waals surface area contributed by atoms with Crippen LogP contribution in [0.2, 0.25) is 0 Å². The van der Waals surface area contributed by atoms with Gasteiger partial charge in [0.05, 0.1) is 32.3 Å². The summed E-state index contributed by atoms with van der Waals surface area (Å²) in [6.07, 6.45) is -0.376. The highest BCUT2D eigenvalue weighted by Crippen LogP contribution is 2.51. The molecule has 2 amide bonds. The Balaban J connectivity index is 1.61. The van der Waals surface area contributed by atoms with Crippen LogP contribution < -0.4 is 14.8 Å². The molecule has 3 aliphatic rings. The van der Waals surface area contributed by atoms with E-state index in [1.165, 1.54) is 24.2 Å². The van der Waals surface area contributed by atoms with Gasteiger partial charge in [0.25, 0.3) is 5.91 Å². The lowest BCUT2D eigenvalue weighted by atomic mass is 9.77. The number of hydrogen-bond acceptors (Lipinski definition) is 8. The van der Waals surface area contributed by atoms with Crippen molar-refractivity contribution in [3.8, 4) is 11.5 Å². The molecule has 2 aromatic carbocycles. The molecule has 0 radical (unpaired) electrons. The van der Waals surface area contributed by atoms with E-state index >= 15 is 0 Å². The van der Waals surface area contributed by atoms with Gasteiger partial charge < -0.3 is 39.7 Å². The molecular formula is C29H33FN2O8. The van der Waals surface area contributed by atoms with E-state index in [1.807, 2.05) is 0 Å². The smallest absolute Gasteiger partial charge is 0.252 e. The summed E-state index contributed by atoms with van der Waals surface area (Å²) >= 11 is 0. The molecule has 0 spiro atoms. The zero-order chi connectivity index (χ0) is 28.4. The lowest BCUT2D eigenvalue weighted by Gasteiger charge is -2.41. The minimum absolute atomic E-state index is 0.0116. The van der Waals surface area contributed by atoms with Gasteiger partial charge in [-0.15, -0.1) is 0 Å². The normalized spacial score (nSPS) is 24.9. The molecular weight excluding hydrogens is 523 g/mol. The van der Waals surface area contributed by atoms with E-state index in [1.54, 1.807) is 30.3 Å². The fourth-order valence-electron chi connectivity index (χ4n) is 5.72. The summed E-state index contributed by atoms with van der Waals surface area (Å²) in [4.78, 5) is 28.5. The van der Waals surface area contributed by atoms with Gasteiger partial charge in [-0.3, -0.25) is 9.59 Å². The molecule has 214 valence electrons. The second-order valence-electron chi connectivity index (χ2n) is 10.1. The van der Waals surface area contributed by atoms with Gasteiger partial charge in [-0.1, -0.05) is 18.2 Å². The Labute approximate surface area is 231 Å². The van der Waals surface area contributed by atoms with Crippen LogP contribution in [-0.4, -0.2) is 83.3 Å². The van der Waals surface area contributed by atoms with Gasteiger partial charge in [-0.25, -0.2) is 4.39 Å². The lowest BCUT2D eigenvalue weighted by molar-refractivity contribution is -0.147. The van der Waals surface area contributed by atoms with Crippen molar-refractivity contribution in [3.63, 3.8) is 0 Å². The van der Waals surface area contributed by atoms with Crippen molar-refractivity contribution in [1.29, 1.82) is 0 Å². The predicted octanol–water partition coefficient (Wildman–Crippen LogP) is 1.16. The number of aliphatic hydroxyl groups is 3. The number of carbonyl (C=O) groups excluding carboxylic acids is 2. The van der Waals surface area contributed by atoms with Crippen molar-refractivity contribution < 1.29 is 43.5 Å². The first-order valence-electron chi connectivity index (χ1n) is 13.3. The number of nitrogens with zero attached hydrogens (tertiary/aromatic N) is 1. The second-order valence-corrected chi connectivity index (χ2v) is 10.1. The number of methoxy groups -OCH3 is 1. The fraction of sp³-hybridized carbons (Fsp3) is 0.448. The molecule has 1 saturated heterocycles. The number of ether oxygens (including phenoxy) is 3. The lowest BCUT2D eigenvalue weighted by Crippen LogP contribution is -2.57. The van der Waals surface area contributed by atoms with Gasteiger partial charge in [0.1, 0.15) is 24.1 Å². The molecule has 40 heavy (non-hydrogen) atoms. The minimum atomic E-state index is -1.31. The minimum Gasteiger partial charge on any atom is -0.493 e. The van der Waals surface area contributed by atoms with Crippen molar-refractivity contribution in [2.75, 3.05) is 26.9 Å². The first kappa shape index (κ1) is 28.0. The van der Waals surface area contributed by atoms with Crippen LogP contribution in [0, 0.1) is 5.82 Å². The van der Waals surface area contributed by atoms with Crippen LogP contribution in [-0.2, 0) is 27.5 Å². The van der Waals surface area contributed by atoms with Gasteiger partial charge in [0, 0.05) is 36.4 Å². The van der Waals surface area contributed by atoms with Crippen LogP contribution in [0.4, 0.5) is 4.39 Å². The van der Waals surface area contributed by atoms with E-state index < -0.39 is 47.9 Å². The molecule has 2 heterocycles. The van der Waals surface area contributed by atoms with Crippen LogP contribution in [0.25, 0.3) is 0 Å². The Morgan fingerprint density at radius 3 is 2.70 bits per heavy atom. The molecule has 5 rings (SSSR count). The zero-order valence-corrected chi connectivity index (χ0v) is 22.1. The van der Waals surface area contributed by atoms with E-state index in [4.69, 9.17) is 14.2 Å². The van der Waals surface area contributed by atoms with Crippen LogP contribution >= 0.6 is 0 Å². The highest BCUT2D eigenvalue weighted by molar-refractivity contribution is 5.96.